The van der Waals surface area contributed by atoms with Crippen molar-refractivity contribution in [3.63, 3.8) is 0 Å². The summed E-state index contributed by atoms with van der Waals surface area (Å²) in [5.74, 6) is -1.15. The molecule has 0 aromatic carbocycles. The second-order valence-electron chi connectivity index (χ2n) is 3.54. The lowest BCUT2D eigenvalue weighted by Gasteiger charge is -2.18. The van der Waals surface area contributed by atoms with E-state index in [0.717, 1.165) is 0 Å². The fraction of sp³-hybridized carbons (Fsp3) is 0.600. The number of esters is 1. The number of carbonyl (C=O) groups is 2. The highest BCUT2D eigenvalue weighted by molar-refractivity contribution is 5.87. The van der Waals surface area contributed by atoms with Crippen molar-refractivity contribution in [2.45, 2.75) is 19.4 Å². The highest BCUT2D eigenvalue weighted by atomic mass is 16.5. The lowest BCUT2D eigenvalue weighted by atomic mass is 9.94. The first-order valence-corrected chi connectivity index (χ1v) is 4.71. The Morgan fingerprint density at radius 3 is 2.60 bits per heavy atom. The van der Waals surface area contributed by atoms with E-state index in [1.807, 2.05) is 0 Å². The Kier molecular flexibility index (Phi) is 3.99. The van der Waals surface area contributed by atoms with Gasteiger partial charge in [0.25, 0.3) is 0 Å². The molecule has 84 valence electrons. The minimum atomic E-state index is -0.626. The fourth-order valence-electron chi connectivity index (χ4n) is 1.54. The molecule has 0 saturated heterocycles. The van der Waals surface area contributed by atoms with Gasteiger partial charge >= 0.3 is 5.97 Å². The molecule has 0 aromatic rings. The van der Waals surface area contributed by atoms with Crippen LogP contribution in [0.5, 0.6) is 0 Å². The maximum atomic E-state index is 11.0. The second-order valence-corrected chi connectivity index (χ2v) is 3.54. The molecule has 0 spiro atoms. The Morgan fingerprint density at radius 2 is 2.13 bits per heavy atom. The van der Waals surface area contributed by atoms with Crippen LogP contribution in [-0.2, 0) is 14.3 Å². The van der Waals surface area contributed by atoms with Crippen LogP contribution in [0, 0.1) is 5.92 Å². The Balaban J connectivity index is 2.77. The monoisotopic (exact) mass is 214 g/mol. The molecule has 1 rings (SSSR count). The quantitative estimate of drug-likeness (QED) is 0.598. The van der Waals surface area contributed by atoms with E-state index in [1.165, 1.54) is 13.0 Å². The average molecular weight is 214 g/mol. The predicted octanol–water partition coefficient (Wildman–Crippen LogP) is -0.582. The van der Waals surface area contributed by atoms with E-state index in [9.17, 15) is 9.59 Å². The van der Waals surface area contributed by atoms with Crippen molar-refractivity contribution >= 4 is 11.8 Å². The molecule has 0 saturated carbocycles. The van der Waals surface area contributed by atoms with Gasteiger partial charge in [0.1, 0.15) is 11.9 Å². The molecule has 5 heteroatoms. The van der Waals surface area contributed by atoms with E-state index in [-0.39, 0.29) is 25.4 Å². The number of aliphatic hydroxyl groups excluding tert-OH is 2. The Labute approximate surface area is 87.4 Å². The normalized spacial score (nSPS) is 20.4. The van der Waals surface area contributed by atoms with Crippen molar-refractivity contribution in [1.29, 1.82) is 0 Å². The van der Waals surface area contributed by atoms with Crippen molar-refractivity contribution in [2.75, 3.05) is 13.2 Å². The number of ketones is 1. The van der Waals surface area contributed by atoms with E-state index in [2.05, 4.69) is 0 Å². The van der Waals surface area contributed by atoms with Gasteiger partial charge in [-0.1, -0.05) is 0 Å². The number of Topliss-reactive ketones (excluding diaryl/α,β-unsaturated/α-hetero) is 1. The molecular weight excluding hydrogens is 200 g/mol. The van der Waals surface area contributed by atoms with E-state index >= 15 is 0 Å². The van der Waals surface area contributed by atoms with E-state index in [4.69, 9.17) is 14.9 Å². The van der Waals surface area contributed by atoms with Crippen LogP contribution in [0.4, 0.5) is 0 Å². The third kappa shape index (κ3) is 2.87. The van der Waals surface area contributed by atoms with Crippen LogP contribution < -0.4 is 0 Å². The van der Waals surface area contributed by atoms with Gasteiger partial charge in [0.05, 0.1) is 13.2 Å². The van der Waals surface area contributed by atoms with Crippen molar-refractivity contribution in [3.05, 3.63) is 11.6 Å². The lowest BCUT2D eigenvalue weighted by molar-refractivity contribution is -0.140. The van der Waals surface area contributed by atoms with Crippen LogP contribution in [0.2, 0.25) is 0 Å². The number of carbonyl (C=O) groups excluding carboxylic acids is 2. The maximum absolute atomic E-state index is 11.0. The molecule has 1 atom stereocenters. The predicted molar refractivity (Wildman–Crippen MR) is 50.9 cm³/mol. The van der Waals surface area contributed by atoms with Crippen molar-refractivity contribution in [1.82, 2.24) is 0 Å². The summed E-state index contributed by atoms with van der Waals surface area (Å²) in [5, 5.41) is 17.9. The summed E-state index contributed by atoms with van der Waals surface area (Å²) in [5.41, 5.74) is 0.500. The van der Waals surface area contributed by atoms with Crippen molar-refractivity contribution in [3.8, 4) is 0 Å². The molecule has 2 N–H and O–H groups in total. The standard InChI is InChI=1S/C10H14O5/c1-6(13)2-9-8(3-10(14)15-9)7(4-11)5-12/h3,7,9,11-12H,2,4-5H2,1H3/t9-/m0/s1. The number of cyclic esters (lactones) is 1. The lowest BCUT2D eigenvalue weighted by Crippen LogP contribution is -2.24. The van der Waals surface area contributed by atoms with Crippen LogP contribution >= 0.6 is 0 Å². The van der Waals surface area contributed by atoms with Gasteiger partial charge in [-0.2, -0.15) is 0 Å². The zero-order valence-electron chi connectivity index (χ0n) is 8.47. The number of rotatable bonds is 5. The summed E-state index contributed by atoms with van der Waals surface area (Å²) in [7, 11) is 0. The molecular formula is C10H14O5. The Morgan fingerprint density at radius 1 is 1.53 bits per heavy atom. The molecule has 15 heavy (non-hydrogen) atoms. The Hall–Kier alpha value is -1.20. The van der Waals surface area contributed by atoms with E-state index in [0.29, 0.717) is 5.57 Å². The van der Waals surface area contributed by atoms with Gasteiger partial charge in [0.15, 0.2) is 0 Å². The smallest absolute Gasteiger partial charge is 0.331 e. The molecule has 5 nitrogen and oxygen atoms in total. The molecule has 1 aliphatic rings. The highest BCUT2D eigenvalue weighted by Gasteiger charge is 2.31. The highest BCUT2D eigenvalue weighted by Crippen LogP contribution is 2.25. The molecule has 0 amide bonds. The van der Waals surface area contributed by atoms with Gasteiger partial charge in [0.2, 0.25) is 0 Å². The van der Waals surface area contributed by atoms with Crippen molar-refractivity contribution in [2.24, 2.45) is 5.92 Å². The zero-order chi connectivity index (χ0) is 11.4. The number of aliphatic hydroxyl groups is 2. The van der Waals surface area contributed by atoms with Gasteiger partial charge in [-0.25, -0.2) is 4.79 Å². The molecule has 0 radical (unpaired) electrons. The average Bonchev–Trinajstić information content (AvgIpc) is 2.48. The van der Waals surface area contributed by atoms with Gasteiger partial charge in [-0.15, -0.1) is 0 Å². The first-order chi connectivity index (χ1) is 7.08. The first-order valence-electron chi connectivity index (χ1n) is 4.71. The largest absolute Gasteiger partial charge is 0.454 e. The van der Waals surface area contributed by atoms with Crippen LogP contribution in [0.3, 0.4) is 0 Å². The van der Waals surface area contributed by atoms with Crippen LogP contribution in [0.25, 0.3) is 0 Å². The summed E-state index contributed by atoms with van der Waals surface area (Å²) in [4.78, 5) is 21.9. The topological polar surface area (TPSA) is 83.8 Å². The van der Waals surface area contributed by atoms with Gasteiger partial charge in [-0.3, -0.25) is 4.79 Å². The first kappa shape index (κ1) is 11.9. The van der Waals surface area contributed by atoms with Gasteiger partial charge in [-0.05, 0) is 12.5 Å². The molecule has 0 bridgehead atoms. The minimum Gasteiger partial charge on any atom is -0.454 e. The van der Waals surface area contributed by atoms with Crippen LogP contribution in [0.15, 0.2) is 11.6 Å². The summed E-state index contributed by atoms with van der Waals surface area (Å²) in [6, 6.07) is 0. The zero-order valence-corrected chi connectivity index (χ0v) is 8.47. The van der Waals surface area contributed by atoms with Crippen LogP contribution in [-0.4, -0.2) is 41.3 Å². The third-order valence-electron chi connectivity index (χ3n) is 2.30. The SMILES string of the molecule is CC(=O)C[C@@H]1OC(=O)C=C1C(CO)CO. The Bertz CT molecular complexity index is 290. The summed E-state index contributed by atoms with van der Waals surface area (Å²) in [6.07, 6.45) is 0.706. The minimum absolute atomic E-state index is 0.0913. The molecule has 1 aliphatic heterocycles. The molecule has 1 heterocycles. The molecule has 0 aromatic heterocycles. The summed E-state index contributed by atoms with van der Waals surface area (Å²) in [6.45, 7) is 0.859. The van der Waals surface area contributed by atoms with E-state index in [1.54, 1.807) is 0 Å². The molecule has 0 aliphatic carbocycles. The molecule has 0 fully saturated rings. The third-order valence-corrected chi connectivity index (χ3v) is 2.30. The van der Waals surface area contributed by atoms with Gasteiger partial charge < -0.3 is 14.9 Å². The second kappa shape index (κ2) is 5.04. The van der Waals surface area contributed by atoms with Crippen LogP contribution in [0.1, 0.15) is 13.3 Å². The van der Waals surface area contributed by atoms with Crippen molar-refractivity contribution < 1.29 is 24.5 Å². The van der Waals surface area contributed by atoms with E-state index < -0.39 is 18.0 Å². The van der Waals surface area contributed by atoms with Gasteiger partial charge in [0, 0.05) is 18.4 Å². The summed E-state index contributed by atoms with van der Waals surface area (Å²) < 4.78 is 4.89. The number of ether oxygens (including phenoxy) is 1. The number of hydrogen-bond donors (Lipinski definition) is 2. The molecule has 0 unspecified atom stereocenters. The maximum Gasteiger partial charge on any atom is 0.331 e. The summed E-state index contributed by atoms with van der Waals surface area (Å²) >= 11 is 0. The fourth-order valence-corrected chi connectivity index (χ4v) is 1.54. The number of hydrogen-bond acceptors (Lipinski definition) is 5.